The zero-order chi connectivity index (χ0) is 11.1. The summed E-state index contributed by atoms with van der Waals surface area (Å²) in [5.41, 5.74) is 0.341. The fourth-order valence-electron chi connectivity index (χ4n) is 3.14. The Labute approximate surface area is 93.8 Å². The molecule has 0 saturated heterocycles. The van der Waals surface area contributed by atoms with Crippen molar-refractivity contribution in [2.24, 2.45) is 5.41 Å². The Kier molecular flexibility index (Phi) is 2.85. The van der Waals surface area contributed by atoms with E-state index in [4.69, 9.17) is 4.74 Å². The Bertz CT molecular complexity index is 233. The lowest BCUT2D eigenvalue weighted by molar-refractivity contribution is -0.182. The van der Waals surface area contributed by atoms with Crippen molar-refractivity contribution in [3.63, 3.8) is 0 Å². The van der Waals surface area contributed by atoms with Gasteiger partial charge in [0.25, 0.3) is 0 Å². The summed E-state index contributed by atoms with van der Waals surface area (Å²) in [4.78, 5) is 0. The van der Waals surface area contributed by atoms with Crippen LogP contribution < -0.4 is 5.32 Å². The van der Waals surface area contributed by atoms with Gasteiger partial charge in [0.05, 0.1) is 5.60 Å². The van der Waals surface area contributed by atoms with Crippen LogP contribution in [0.15, 0.2) is 0 Å². The van der Waals surface area contributed by atoms with E-state index in [2.05, 4.69) is 26.1 Å². The van der Waals surface area contributed by atoms with Crippen LogP contribution in [0.4, 0.5) is 0 Å². The first-order chi connectivity index (χ1) is 6.99. The molecule has 2 atom stereocenters. The van der Waals surface area contributed by atoms with Gasteiger partial charge in [-0.05, 0) is 26.2 Å². The van der Waals surface area contributed by atoms with E-state index in [9.17, 15) is 0 Å². The normalized spacial score (nSPS) is 40.4. The summed E-state index contributed by atoms with van der Waals surface area (Å²) < 4.78 is 5.64. The third kappa shape index (κ3) is 1.72. The van der Waals surface area contributed by atoms with Gasteiger partial charge in [0.15, 0.2) is 0 Å². The van der Waals surface area contributed by atoms with Crippen molar-refractivity contribution in [3.8, 4) is 0 Å². The van der Waals surface area contributed by atoms with Crippen molar-refractivity contribution >= 4 is 0 Å². The lowest BCUT2D eigenvalue weighted by Crippen LogP contribution is -2.68. The largest absolute Gasteiger partial charge is 0.378 e. The van der Waals surface area contributed by atoms with Crippen LogP contribution in [0.3, 0.4) is 0 Å². The Morgan fingerprint density at radius 2 is 1.73 bits per heavy atom. The maximum absolute atomic E-state index is 5.64. The summed E-state index contributed by atoms with van der Waals surface area (Å²) >= 11 is 0. The first-order valence-electron chi connectivity index (χ1n) is 6.31. The Hall–Kier alpha value is -0.0800. The van der Waals surface area contributed by atoms with Gasteiger partial charge >= 0.3 is 0 Å². The van der Waals surface area contributed by atoms with Gasteiger partial charge in [0.2, 0.25) is 0 Å². The minimum absolute atomic E-state index is 0.0727. The third-order valence-electron chi connectivity index (χ3n) is 5.07. The molecule has 0 spiro atoms. The molecular weight excluding hydrogens is 186 g/mol. The van der Waals surface area contributed by atoms with Crippen LogP contribution in [0, 0.1) is 5.41 Å². The summed E-state index contributed by atoms with van der Waals surface area (Å²) in [5, 5.41) is 3.82. The maximum Gasteiger partial charge on any atom is 0.0731 e. The van der Waals surface area contributed by atoms with Gasteiger partial charge in [-0.15, -0.1) is 0 Å². The predicted octanol–water partition coefficient (Wildman–Crippen LogP) is 2.72. The second-order valence-corrected chi connectivity index (χ2v) is 6.06. The molecular formula is C13H25NO. The maximum atomic E-state index is 5.64. The highest BCUT2D eigenvalue weighted by Gasteiger charge is 2.57. The molecule has 0 bridgehead atoms. The fourth-order valence-corrected chi connectivity index (χ4v) is 3.14. The topological polar surface area (TPSA) is 21.3 Å². The van der Waals surface area contributed by atoms with Crippen molar-refractivity contribution in [2.45, 2.75) is 70.6 Å². The molecule has 2 heteroatoms. The van der Waals surface area contributed by atoms with Gasteiger partial charge in [-0.2, -0.15) is 0 Å². The van der Waals surface area contributed by atoms with Gasteiger partial charge in [-0.3, -0.25) is 0 Å². The van der Waals surface area contributed by atoms with E-state index in [-0.39, 0.29) is 11.0 Å². The minimum atomic E-state index is 0.0727. The number of ether oxygens (including phenoxy) is 1. The van der Waals surface area contributed by atoms with E-state index in [1.165, 1.54) is 25.7 Å². The van der Waals surface area contributed by atoms with Crippen LogP contribution in [0.25, 0.3) is 0 Å². The highest BCUT2D eigenvalue weighted by atomic mass is 16.5. The van der Waals surface area contributed by atoms with Gasteiger partial charge in [0, 0.05) is 24.6 Å². The standard InChI is InChI=1S/C13H25NO/c1-12(2)11(9-13(12,3)15-4)14-10-7-5-6-8-10/h10-11,14H,5-9H2,1-4H3. The molecule has 0 radical (unpaired) electrons. The van der Waals surface area contributed by atoms with Crippen LogP contribution in [0.2, 0.25) is 0 Å². The molecule has 1 N–H and O–H groups in total. The molecule has 0 aromatic rings. The van der Waals surface area contributed by atoms with Crippen molar-refractivity contribution in [1.29, 1.82) is 0 Å². The minimum Gasteiger partial charge on any atom is -0.378 e. The predicted molar refractivity (Wildman–Crippen MR) is 63.0 cm³/mol. The monoisotopic (exact) mass is 211 g/mol. The molecule has 2 nitrogen and oxygen atoms in total. The molecule has 2 fully saturated rings. The zero-order valence-corrected chi connectivity index (χ0v) is 10.6. The average molecular weight is 211 g/mol. The van der Waals surface area contributed by atoms with E-state index < -0.39 is 0 Å². The molecule has 0 aromatic carbocycles. The molecule has 0 aliphatic heterocycles. The number of nitrogens with one attached hydrogen (secondary N) is 1. The molecule has 0 heterocycles. The van der Waals surface area contributed by atoms with Crippen LogP contribution in [-0.4, -0.2) is 24.8 Å². The van der Waals surface area contributed by atoms with Crippen LogP contribution in [0.1, 0.15) is 52.9 Å². The Morgan fingerprint density at radius 1 is 1.13 bits per heavy atom. The molecule has 0 aromatic heterocycles. The van der Waals surface area contributed by atoms with Crippen LogP contribution >= 0.6 is 0 Å². The quantitative estimate of drug-likeness (QED) is 0.775. The lowest BCUT2D eigenvalue weighted by Gasteiger charge is -2.60. The molecule has 88 valence electrons. The van der Waals surface area contributed by atoms with Crippen molar-refractivity contribution < 1.29 is 4.74 Å². The highest BCUT2D eigenvalue weighted by Crippen LogP contribution is 2.51. The first-order valence-corrected chi connectivity index (χ1v) is 6.31. The van der Waals surface area contributed by atoms with Crippen molar-refractivity contribution in [1.82, 2.24) is 5.32 Å². The Balaban J connectivity index is 1.91. The summed E-state index contributed by atoms with van der Waals surface area (Å²) in [7, 11) is 1.84. The van der Waals surface area contributed by atoms with Crippen LogP contribution in [0.5, 0.6) is 0 Å². The summed E-state index contributed by atoms with van der Waals surface area (Å²) in [6, 6.07) is 1.42. The molecule has 2 aliphatic carbocycles. The Morgan fingerprint density at radius 3 is 2.20 bits per heavy atom. The third-order valence-corrected chi connectivity index (χ3v) is 5.07. The zero-order valence-electron chi connectivity index (χ0n) is 10.6. The molecule has 2 saturated carbocycles. The summed E-state index contributed by atoms with van der Waals surface area (Å²) in [5.74, 6) is 0. The van der Waals surface area contributed by atoms with Gasteiger partial charge < -0.3 is 10.1 Å². The van der Waals surface area contributed by atoms with Gasteiger partial charge in [-0.25, -0.2) is 0 Å². The molecule has 2 rings (SSSR count). The van der Waals surface area contributed by atoms with E-state index in [1.54, 1.807) is 0 Å². The van der Waals surface area contributed by atoms with E-state index in [1.807, 2.05) is 7.11 Å². The van der Waals surface area contributed by atoms with E-state index in [0.717, 1.165) is 12.5 Å². The van der Waals surface area contributed by atoms with Crippen LogP contribution in [-0.2, 0) is 4.74 Å². The molecule has 0 amide bonds. The highest BCUT2D eigenvalue weighted by molar-refractivity contribution is 5.12. The average Bonchev–Trinajstić information content (AvgIpc) is 2.69. The summed E-state index contributed by atoms with van der Waals surface area (Å²) in [6.45, 7) is 6.89. The fraction of sp³-hybridized carbons (Fsp3) is 1.00. The molecule has 2 unspecified atom stereocenters. The van der Waals surface area contributed by atoms with Gasteiger partial charge in [0.1, 0.15) is 0 Å². The number of rotatable bonds is 3. The smallest absolute Gasteiger partial charge is 0.0731 e. The van der Waals surface area contributed by atoms with E-state index >= 15 is 0 Å². The molecule has 2 aliphatic rings. The van der Waals surface area contributed by atoms with Gasteiger partial charge in [-0.1, -0.05) is 26.7 Å². The SMILES string of the molecule is COC1(C)CC(NC2CCCC2)C1(C)C. The lowest BCUT2D eigenvalue weighted by atomic mass is 9.55. The van der Waals surface area contributed by atoms with Crippen molar-refractivity contribution in [3.05, 3.63) is 0 Å². The van der Waals surface area contributed by atoms with Crippen molar-refractivity contribution in [2.75, 3.05) is 7.11 Å². The second kappa shape index (κ2) is 3.74. The second-order valence-electron chi connectivity index (χ2n) is 6.06. The number of methoxy groups -OCH3 is 1. The molecule has 15 heavy (non-hydrogen) atoms. The number of hydrogen-bond acceptors (Lipinski definition) is 2. The summed E-state index contributed by atoms with van der Waals surface area (Å²) in [6.07, 6.45) is 6.72. The first kappa shape index (κ1) is 11.4. The number of hydrogen-bond donors (Lipinski definition) is 1. The van der Waals surface area contributed by atoms with E-state index in [0.29, 0.717) is 6.04 Å².